The van der Waals surface area contributed by atoms with Gasteiger partial charge in [-0.15, -0.1) is 0 Å². The van der Waals surface area contributed by atoms with Crippen LogP contribution in [0.2, 0.25) is 0 Å². The van der Waals surface area contributed by atoms with Crippen molar-refractivity contribution in [1.82, 2.24) is 4.90 Å². The second kappa shape index (κ2) is 4.94. The van der Waals surface area contributed by atoms with Gasteiger partial charge in [0.1, 0.15) is 6.10 Å². The first-order valence-corrected chi connectivity index (χ1v) is 10.2. The van der Waals surface area contributed by atoms with Crippen LogP contribution in [0.15, 0.2) is 12.1 Å². The summed E-state index contributed by atoms with van der Waals surface area (Å²) in [6, 6.07) is 3.80. The Morgan fingerprint density at radius 2 is 2.04 bits per heavy atom. The second-order valence-corrected chi connectivity index (χ2v) is 9.25. The van der Waals surface area contributed by atoms with Crippen molar-refractivity contribution in [3.05, 3.63) is 23.3 Å². The molecule has 2 aliphatic heterocycles. The minimum absolute atomic E-state index is 0.0819. The van der Waals surface area contributed by atoms with Gasteiger partial charge in [-0.1, -0.05) is 12.5 Å². The van der Waals surface area contributed by atoms with Gasteiger partial charge < -0.3 is 20.1 Å². The predicted octanol–water partition coefficient (Wildman–Crippen LogP) is 1.71. The Bertz CT molecular complexity index is 778. The van der Waals surface area contributed by atoms with E-state index in [1.165, 1.54) is 24.8 Å². The van der Waals surface area contributed by atoms with E-state index in [0.29, 0.717) is 18.6 Å². The molecule has 6 rings (SSSR count). The number of aliphatic hydroxyl groups is 2. The maximum Gasteiger partial charge on any atom is 0.165 e. The molecule has 3 fully saturated rings. The zero-order chi connectivity index (χ0) is 17.7. The van der Waals surface area contributed by atoms with Crippen LogP contribution < -0.4 is 4.74 Å². The highest BCUT2D eigenvalue weighted by molar-refractivity contribution is 5.62. The maximum atomic E-state index is 12.1. The third-order valence-electron chi connectivity index (χ3n) is 8.26. The van der Waals surface area contributed by atoms with E-state index in [0.717, 1.165) is 37.4 Å². The molecule has 5 heteroatoms. The molecule has 5 atom stereocenters. The maximum absolute atomic E-state index is 12.1. The lowest BCUT2D eigenvalue weighted by molar-refractivity contribution is -0.209. The molecule has 0 radical (unpaired) electrons. The van der Waals surface area contributed by atoms with Crippen molar-refractivity contribution in [2.24, 2.45) is 5.92 Å². The molecule has 0 amide bonds. The number of hydrogen-bond acceptors (Lipinski definition) is 5. The Morgan fingerprint density at radius 3 is 2.81 bits per heavy atom. The lowest BCUT2D eigenvalue weighted by atomic mass is 9.48. The van der Waals surface area contributed by atoms with Crippen molar-refractivity contribution in [1.29, 1.82) is 0 Å². The van der Waals surface area contributed by atoms with Crippen LogP contribution >= 0.6 is 0 Å². The van der Waals surface area contributed by atoms with Gasteiger partial charge in [-0.3, -0.25) is 4.90 Å². The lowest BCUT2D eigenvalue weighted by Gasteiger charge is -2.64. The summed E-state index contributed by atoms with van der Waals surface area (Å²) in [5.74, 6) is 1.42. The normalized spacial score (nSPS) is 43.5. The lowest BCUT2D eigenvalue weighted by Crippen LogP contribution is -2.77. The summed E-state index contributed by atoms with van der Waals surface area (Å²) in [6.45, 7) is 2.02. The van der Waals surface area contributed by atoms with Gasteiger partial charge in [0.25, 0.3) is 0 Å². The molecule has 3 N–H and O–H groups in total. The fraction of sp³-hybridized carbons (Fsp3) is 0.714. The number of aromatic hydroxyl groups is 1. The average molecular weight is 357 g/mol. The van der Waals surface area contributed by atoms with E-state index in [4.69, 9.17) is 4.74 Å². The molecule has 1 aromatic carbocycles. The summed E-state index contributed by atoms with van der Waals surface area (Å²) >= 11 is 0. The van der Waals surface area contributed by atoms with Crippen molar-refractivity contribution < 1.29 is 20.1 Å². The van der Waals surface area contributed by atoms with Gasteiger partial charge in [0, 0.05) is 18.2 Å². The molecule has 2 bridgehead atoms. The first-order valence-electron chi connectivity index (χ1n) is 10.2. The second-order valence-electron chi connectivity index (χ2n) is 9.25. The summed E-state index contributed by atoms with van der Waals surface area (Å²) in [6.07, 6.45) is 5.68. The van der Waals surface area contributed by atoms with Gasteiger partial charge >= 0.3 is 0 Å². The monoisotopic (exact) mass is 357 g/mol. The Hall–Kier alpha value is -1.30. The van der Waals surface area contributed by atoms with Gasteiger partial charge in [0.2, 0.25) is 0 Å². The highest BCUT2D eigenvalue weighted by Gasteiger charge is 2.72. The number of phenols is 1. The largest absolute Gasteiger partial charge is 0.504 e. The minimum atomic E-state index is -0.884. The molecule has 26 heavy (non-hydrogen) atoms. The SMILES string of the molecule is Oc1ccc2c3c1O[C@@H]1[C@H](O)CC[C@]4(O)[C@H](C2)N(CC2CCC2)CC[C@@]314. The molecule has 3 aliphatic carbocycles. The third kappa shape index (κ3) is 1.64. The topological polar surface area (TPSA) is 73.2 Å². The van der Waals surface area contributed by atoms with E-state index in [9.17, 15) is 15.3 Å². The molecule has 0 unspecified atom stereocenters. The van der Waals surface area contributed by atoms with Crippen LogP contribution in [-0.4, -0.2) is 57.2 Å². The van der Waals surface area contributed by atoms with Gasteiger partial charge in [-0.25, -0.2) is 0 Å². The first kappa shape index (κ1) is 15.7. The standard InChI is InChI=1S/C21H27NO4/c23-14-5-4-13-10-16-21(25)7-6-15(24)19-20(21,17(13)18(14)26-19)8-9-22(16)11-12-2-1-3-12/h4-5,12,15-16,19,23-25H,1-3,6-11H2/t15-,16+,19-,20-,21+/m1/s1. The molecule has 140 valence electrons. The number of ether oxygens (including phenoxy) is 1. The quantitative estimate of drug-likeness (QED) is 0.751. The highest BCUT2D eigenvalue weighted by Crippen LogP contribution is 2.65. The van der Waals surface area contributed by atoms with Crippen LogP contribution in [-0.2, 0) is 11.8 Å². The molecular weight excluding hydrogens is 330 g/mol. The number of nitrogens with zero attached hydrogens (tertiary/aromatic N) is 1. The van der Waals surface area contributed by atoms with Gasteiger partial charge in [-0.05, 0) is 62.6 Å². The number of piperidine rings is 1. The fourth-order valence-corrected chi connectivity index (χ4v) is 6.83. The number of aliphatic hydroxyl groups excluding tert-OH is 1. The predicted molar refractivity (Wildman–Crippen MR) is 95.4 cm³/mol. The Balaban J connectivity index is 1.52. The van der Waals surface area contributed by atoms with Crippen molar-refractivity contribution in [3.63, 3.8) is 0 Å². The van der Waals surface area contributed by atoms with Gasteiger partial charge in [0.15, 0.2) is 11.5 Å². The number of likely N-dealkylation sites (tertiary alicyclic amines) is 1. The average Bonchev–Trinajstić information content (AvgIpc) is 2.93. The zero-order valence-electron chi connectivity index (χ0n) is 15.0. The molecular formula is C21H27NO4. The van der Waals surface area contributed by atoms with Crippen LogP contribution in [0, 0.1) is 5.92 Å². The van der Waals surface area contributed by atoms with Crippen LogP contribution in [0.4, 0.5) is 0 Å². The number of hydrogen-bond donors (Lipinski definition) is 3. The van der Waals surface area contributed by atoms with E-state index in [-0.39, 0.29) is 11.8 Å². The summed E-state index contributed by atoms with van der Waals surface area (Å²) < 4.78 is 6.16. The molecule has 1 spiro atoms. The van der Waals surface area contributed by atoms with Crippen LogP contribution in [0.3, 0.4) is 0 Å². The summed E-state index contributed by atoms with van der Waals surface area (Å²) in [5.41, 5.74) is 0.712. The summed E-state index contributed by atoms with van der Waals surface area (Å²) in [4.78, 5) is 2.53. The smallest absolute Gasteiger partial charge is 0.165 e. The first-order chi connectivity index (χ1) is 12.5. The third-order valence-corrected chi connectivity index (χ3v) is 8.26. The number of rotatable bonds is 2. The van der Waals surface area contributed by atoms with Gasteiger partial charge in [0.05, 0.1) is 17.1 Å². The van der Waals surface area contributed by atoms with E-state index >= 15 is 0 Å². The van der Waals surface area contributed by atoms with E-state index in [1.807, 2.05) is 6.07 Å². The summed E-state index contributed by atoms with van der Waals surface area (Å²) in [7, 11) is 0. The Kier molecular flexibility index (Phi) is 2.99. The van der Waals surface area contributed by atoms with Crippen molar-refractivity contribution in [3.8, 4) is 11.5 Å². The molecule has 5 aliphatic rings. The summed E-state index contributed by atoms with van der Waals surface area (Å²) in [5, 5.41) is 33.2. The molecule has 2 heterocycles. The van der Waals surface area contributed by atoms with E-state index in [1.54, 1.807) is 6.07 Å². The van der Waals surface area contributed by atoms with E-state index in [2.05, 4.69) is 4.90 Å². The molecule has 1 saturated heterocycles. The molecule has 2 saturated carbocycles. The fourth-order valence-electron chi connectivity index (χ4n) is 6.83. The number of benzene rings is 1. The van der Waals surface area contributed by atoms with Gasteiger partial charge in [-0.2, -0.15) is 0 Å². The van der Waals surface area contributed by atoms with Crippen LogP contribution in [0.25, 0.3) is 0 Å². The van der Waals surface area contributed by atoms with Crippen molar-refractivity contribution in [2.75, 3.05) is 13.1 Å². The number of phenolic OH excluding ortho intramolecular Hbond substituents is 1. The van der Waals surface area contributed by atoms with E-state index < -0.39 is 23.2 Å². The van der Waals surface area contributed by atoms with Crippen LogP contribution in [0.1, 0.15) is 49.7 Å². The van der Waals surface area contributed by atoms with Crippen molar-refractivity contribution in [2.45, 2.75) is 74.2 Å². The highest BCUT2D eigenvalue weighted by atomic mass is 16.5. The van der Waals surface area contributed by atoms with Crippen LogP contribution in [0.5, 0.6) is 11.5 Å². The Labute approximate surface area is 153 Å². The molecule has 0 aromatic heterocycles. The molecule has 1 aromatic rings. The van der Waals surface area contributed by atoms with Crippen molar-refractivity contribution >= 4 is 0 Å². The molecule has 5 nitrogen and oxygen atoms in total. The Morgan fingerprint density at radius 1 is 1.19 bits per heavy atom. The minimum Gasteiger partial charge on any atom is -0.504 e. The zero-order valence-corrected chi connectivity index (χ0v) is 15.0.